The van der Waals surface area contributed by atoms with Crippen molar-refractivity contribution in [3.05, 3.63) is 29.8 Å². The standard InChI is InChI=1S/C18H15N3O4/c19-5-6-24-11-4-2-1-3-8(11)15-14-9-7-10(16(14)25-21-15)13-12(9)17(22)20-18(13)23/h1-4,9-10,12-14,16H,6-7H2,(H,20,22,23). The van der Waals surface area contributed by atoms with E-state index in [0.717, 1.165) is 17.7 Å². The number of nitriles is 1. The van der Waals surface area contributed by atoms with Crippen molar-refractivity contribution < 1.29 is 19.2 Å². The van der Waals surface area contributed by atoms with Gasteiger partial charge in [-0.15, -0.1) is 0 Å². The Kier molecular flexibility index (Phi) is 2.93. The number of hydrogen-bond donors (Lipinski definition) is 1. The van der Waals surface area contributed by atoms with Crippen LogP contribution in [0.3, 0.4) is 0 Å². The first-order chi connectivity index (χ1) is 12.2. The van der Waals surface area contributed by atoms with Gasteiger partial charge in [0, 0.05) is 17.4 Å². The number of imide groups is 1. The summed E-state index contributed by atoms with van der Waals surface area (Å²) in [6.45, 7) is -0.0487. The number of para-hydroxylation sites is 1. The van der Waals surface area contributed by atoms with Crippen molar-refractivity contribution in [2.45, 2.75) is 12.5 Å². The van der Waals surface area contributed by atoms with Gasteiger partial charge in [-0.3, -0.25) is 14.9 Å². The van der Waals surface area contributed by atoms with Crippen LogP contribution in [0.25, 0.3) is 0 Å². The van der Waals surface area contributed by atoms with Crippen LogP contribution in [-0.4, -0.2) is 30.2 Å². The fourth-order valence-corrected chi connectivity index (χ4v) is 5.19. The molecule has 1 aromatic carbocycles. The summed E-state index contributed by atoms with van der Waals surface area (Å²) < 4.78 is 5.52. The Balaban J connectivity index is 1.51. The molecule has 1 N–H and O–H groups in total. The van der Waals surface area contributed by atoms with E-state index in [-0.39, 0.29) is 54.1 Å². The minimum absolute atomic E-state index is 0.0188. The topological polar surface area (TPSA) is 101 Å². The van der Waals surface area contributed by atoms with Crippen LogP contribution in [0.2, 0.25) is 0 Å². The first-order valence-corrected chi connectivity index (χ1v) is 8.38. The maximum Gasteiger partial charge on any atom is 0.230 e. The molecule has 7 heteroatoms. The Bertz CT molecular complexity index is 858. The number of benzene rings is 1. The van der Waals surface area contributed by atoms with Gasteiger partial charge in [-0.1, -0.05) is 17.3 Å². The third kappa shape index (κ3) is 1.82. The van der Waals surface area contributed by atoms with Crippen molar-refractivity contribution in [2.75, 3.05) is 6.61 Å². The lowest BCUT2D eigenvalue weighted by Gasteiger charge is -2.30. The van der Waals surface area contributed by atoms with E-state index in [0.29, 0.717) is 5.75 Å². The van der Waals surface area contributed by atoms with E-state index >= 15 is 0 Å². The van der Waals surface area contributed by atoms with E-state index < -0.39 is 0 Å². The second-order valence-electron chi connectivity index (χ2n) is 6.98. The Labute approximate surface area is 143 Å². The monoisotopic (exact) mass is 337 g/mol. The van der Waals surface area contributed by atoms with Crippen LogP contribution in [0.1, 0.15) is 12.0 Å². The van der Waals surface area contributed by atoms with Gasteiger partial charge in [-0.2, -0.15) is 5.26 Å². The predicted octanol–water partition coefficient (Wildman–Crippen LogP) is 0.847. The van der Waals surface area contributed by atoms with Crippen molar-refractivity contribution in [3.63, 3.8) is 0 Å². The summed E-state index contributed by atoms with van der Waals surface area (Å²) in [5.41, 5.74) is 1.55. The van der Waals surface area contributed by atoms with E-state index in [9.17, 15) is 9.59 Å². The quantitative estimate of drug-likeness (QED) is 0.824. The number of amides is 2. The largest absolute Gasteiger partial charge is 0.478 e. The molecule has 1 aromatic rings. The van der Waals surface area contributed by atoms with Crippen molar-refractivity contribution in [3.8, 4) is 11.8 Å². The molecule has 5 rings (SSSR count). The molecule has 2 bridgehead atoms. The highest BCUT2D eigenvalue weighted by Gasteiger charge is 2.68. The molecule has 3 fully saturated rings. The molecule has 2 aliphatic heterocycles. The highest BCUT2D eigenvalue weighted by Crippen LogP contribution is 2.60. The van der Waals surface area contributed by atoms with Crippen LogP contribution in [0, 0.1) is 40.9 Å². The smallest absolute Gasteiger partial charge is 0.230 e. The van der Waals surface area contributed by atoms with Gasteiger partial charge in [0.15, 0.2) is 6.61 Å². The molecule has 0 aromatic heterocycles. The molecule has 6 unspecified atom stereocenters. The second-order valence-corrected chi connectivity index (χ2v) is 6.98. The van der Waals surface area contributed by atoms with Crippen LogP contribution < -0.4 is 10.1 Å². The molecule has 25 heavy (non-hydrogen) atoms. The minimum Gasteiger partial charge on any atom is -0.478 e. The molecular weight excluding hydrogens is 322 g/mol. The van der Waals surface area contributed by atoms with Gasteiger partial charge in [-0.25, -0.2) is 0 Å². The predicted molar refractivity (Wildman–Crippen MR) is 84.2 cm³/mol. The Morgan fingerprint density at radius 2 is 1.96 bits per heavy atom. The third-order valence-corrected chi connectivity index (χ3v) is 5.99. The van der Waals surface area contributed by atoms with Crippen molar-refractivity contribution in [1.82, 2.24) is 5.32 Å². The minimum atomic E-state index is -0.280. The van der Waals surface area contributed by atoms with E-state index in [1.807, 2.05) is 24.3 Å². The normalized spacial score (nSPS) is 37.0. The lowest BCUT2D eigenvalue weighted by molar-refractivity contribution is -0.127. The van der Waals surface area contributed by atoms with Gasteiger partial charge in [0.25, 0.3) is 0 Å². The lowest BCUT2D eigenvalue weighted by atomic mass is 9.71. The number of ether oxygens (including phenoxy) is 1. The average molecular weight is 337 g/mol. The summed E-state index contributed by atoms with van der Waals surface area (Å²) in [7, 11) is 0. The number of nitrogens with zero attached hydrogens (tertiary/aromatic N) is 2. The summed E-state index contributed by atoms with van der Waals surface area (Å²) in [6, 6.07) is 9.37. The van der Waals surface area contributed by atoms with Gasteiger partial charge >= 0.3 is 0 Å². The summed E-state index contributed by atoms with van der Waals surface area (Å²) in [6.07, 6.45) is 0.645. The highest BCUT2D eigenvalue weighted by molar-refractivity contribution is 6.09. The van der Waals surface area contributed by atoms with Gasteiger partial charge in [-0.05, 0) is 24.5 Å². The molecule has 0 spiro atoms. The number of oxime groups is 1. The van der Waals surface area contributed by atoms with E-state index in [1.54, 1.807) is 6.07 Å². The van der Waals surface area contributed by atoms with Gasteiger partial charge < -0.3 is 9.57 Å². The SMILES string of the molecule is N#CCOc1ccccc1C1=NOC2C3CC(C12)C1C(=O)NC(=O)C31. The zero-order chi connectivity index (χ0) is 17.1. The second kappa shape index (κ2) is 5.06. The Hall–Kier alpha value is -2.88. The van der Waals surface area contributed by atoms with Gasteiger partial charge in [0.2, 0.25) is 11.8 Å². The molecule has 2 saturated carbocycles. The third-order valence-electron chi connectivity index (χ3n) is 5.99. The molecule has 2 amide bonds. The van der Waals surface area contributed by atoms with E-state index in [4.69, 9.17) is 14.8 Å². The maximum absolute atomic E-state index is 12.2. The molecule has 2 heterocycles. The number of carbonyl (C=O) groups is 2. The molecule has 6 atom stereocenters. The number of hydrogen-bond acceptors (Lipinski definition) is 6. The Morgan fingerprint density at radius 1 is 1.20 bits per heavy atom. The van der Waals surface area contributed by atoms with Crippen LogP contribution in [0.15, 0.2) is 29.4 Å². The first-order valence-electron chi connectivity index (χ1n) is 8.38. The lowest BCUT2D eigenvalue weighted by Crippen LogP contribution is -2.41. The van der Waals surface area contributed by atoms with Crippen molar-refractivity contribution >= 4 is 17.5 Å². The zero-order valence-corrected chi connectivity index (χ0v) is 13.2. The van der Waals surface area contributed by atoms with Gasteiger partial charge in [0.05, 0.1) is 17.5 Å². The molecule has 1 saturated heterocycles. The molecule has 4 aliphatic rings. The summed E-state index contributed by atoms with van der Waals surface area (Å²) in [5, 5.41) is 15.5. The number of carbonyl (C=O) groups excluding carboxylic acids is 2. The van der Waals surface area contributed by atoms with E-state index in [2.05, 4.69) is 10.5 Å². The molecule has 2 aliphatic carbocycles. The average Bonchev–Trinajstić information content (AvgIpc) is 3.34. The Morgan fingerprint density at radius 3 is 2.76 bits per heavy atom. The number of nitrogens with one attached hydrogen (secondary N) is 1. The van der Waals surface area contributed by atoms with Crippen molar-refractivity contribution in [2.24, 2.45) is 34.7 Å². The van der Waals surface area contributed by atoms with Crippen LogP contribution in [-0.2, 0) is 14.4 Å². The maximum atomic E-state index is 12.2. The van der Waals surface area contributed by atoms with E-state index in [1.165, 1.54) is 0 Å². The van der Waals surface area contributed by atoms with Gasteiger partial charge in [0.1, 0.15) is 17.9 Å². The fourth-order valence-electron chi connectivity index (χ4n) is 5.19. The summed E-state index contributed by atoms with van der Waals surface area (Å²) in [5.74, 6) is -0.252. The highest BCUT2D eigenvalue weighted by atomic mass is 16.6. The fraction of sp³-hybridized carbons (Fsp3) is 0.444. The molecule has 0 radical (unpaired) electrons. The van der Waals surface area contributed by atoms with Crippen LogP contribution in [0.5, 0.6) is 5.75 Å². The summed E-state index contributed by atoms with van der Waals surface area (Å²) in [4.78, 5) is 30.0. The van der Waals surface area contributed by atoms with Crippen molar-refractivity contribution in [1.29, 1.82) is 5.26 Å². The molecular formula is C18H15N3O4. The number of rotatable bonds is 3. The zero-order valence-electron chi connectivity index (χ0n) is 13.2. The number of fused-ring (bicyclic) bond motifs is 8. The molecule has 126 valence electrons. The van der Waals surface area contributed by atoms with Crippen LogP contribution in [0.4, 0.5) is 0 Å². The summed E-state index contributed by atoms with van der Waals surface area (Å²) >= 11 is 0. The first kappa shape index (κ1) is 14.5. The molecule has 7 nitrogen and oxygen atoms in total. The van der Waals surface area contributed by atoms with Crippen LogP contribution >= 0.6 is 0 Å².